The smallest absolute Gasteiger partial charge is 0.272 e. The first-order valence-electron chi connectivity index (χ1n) is 6.08. The first-order chi connectivity index (χ1) is 8.59. The monoisotopic (exact) mass is 282 g/mol. The van der Waals surface area contributed by atoms with E-state index in [0.29, 0.717) is 12.0 Å². The summed E-state index contributed by atoms with van der Waals surface area (Å²) in [7, 11) is 0. The molecule has 1 fully saturated rings. The standard InChI is InChI=1S/C12H15F5N2/c1-7-5-19(18-10(7)11(2,13)14)6-8-3-4-9(8)12(15,16)17/h5,8-9H,3-4,6H2,1-2H3. The fraction of sp³-hybridized carbons (Fsp3) is 0.750. The number of aryl methyl sites for hydroxylation is 1. The van der Waals surface area contributed by atoms with Crippen LogP contribution in [-0.2, 0) is 12.5 Å². The first kappa shape index (κ1) is 14.3. The molecule has 1 aliphatic rings. The van der Waals surface area contributed by atoms with Gasteiger partial charge in [-0.1, -0.05) is 0 Å². The van der Waals surface area contributed by atoms with Crippen molar-refractivity contribution < 1.29 is 22.0 Å². The van der Waals surface area contributed by atoms with E-state index in [4.69, 9.17) is 0 Å². The molecular formula is C12H15F5N2. The minimum Gasteiger partial charge on any atom is -0.272 e. The summed E-state index contributed by atoms with van der Waals surface area (Å²) in [5, 5.41) is 3.72. The zero-order valence-corrected chi connectivity index (χ0v) is 10.6. The van der Waals surface area contributed by atoms with Crippen LogP contribution < -0.4 is 0 Å². The molecule has 0 spiro atoms. The Hall–Kier alpha value is -1.14. The first-order valence-corrected chi connectivity index (χ1v) is 6.08. The Balaban J connectivity index is 2.09. The molecule has 2 atom stereocenters. The SMILES string of the molecule is Cc1cn(CC2CCC2C(F)(F)F)nc1C(C)(F)F. The van der Waals surface area contributed by atoms with Gasteiger partial charge in [-0.05, 0) is 31.2 Å². The maximum Gasteiger partial charge on any atom is 0.392 e. The van der Waals surface area contributed by atoms with Gasteiger partial charge in [-0.2, -0.15) is 27.1 Å². The summed E-state index contributed by atoms with van der Waals surface area (Å²) in [5.74, 6) is -4.96. The van der Waals surface area contributed by atoms with E-state index in [0.717, 1.165) is 6.92 Å². The van der Waals surface area contributed by atoms with E-state index in [-0.39, 0.29) is 18.7 Å². The van der Waals surface area contributed by atoms with Crippen molar-refractivity contribution in [2.75, 3.05) is 0 Å². The molecule has 1 aromatic heterocycles. The topological polar surface area (TPSA) is 17.8 Å². The number of hydrogen-bond donors (Lipinski definition) is 0. The zero-order chi connectivity index (χ0) is 14.4. The number of halogens is 5. The summed E-state index contributed by atoms with van der Waals surface area (Å²) >= 11 is 0. The number of rotatable bonds is 3. The van der Waals surface area contributed by atoms with Crippen molar-refractivity contribution in [3.05, 3.63) is 17.5 Å². The molecular weight excluding hydrogens is 267 g/mol. The minimum absolute atomic E-state index is 0.0428. The average molecular weight is 282 g/mol. The van der Waals surface area contributed by atoms with Crippen molar-refractivity contribution in [1.29, 1.82) is 0 Å². The number of alkyl halides is 5. The summed E-state index contributed by atoms with van der Waals surface area (Å²) in [6.07, 6.45) is -2.24. The van der Waals surface area contributed by atoms with Gasteiger partial charge in [0.25, 0.3) is 5.92 Å². The quantitative estimate of drug-likeness (QED) is 0.769. The van der Waals surface area contributed by atoms with Crippen LogP contribution in [0.1, 0.15) is 31.0 Å². The molecule has 1 aromatic rings. The lowest BCUT2D eigenvalue weighted by Crippen LogP contribution is -2.40. The average Bonchev–Trinajstić information content (AvgIpc) is 2.51. The van der Waals surface area contributed by atoms with E-state index < -0.39 is 23.9 Å². The van der Waals surface area contributed by atoms with Crippen molar-refractivity contribution in [2.45, 2.75) is 45.3 Å². The molecule has 0 radical (unpaired) electrons. The maximum absolute atomic E-state index is 13.2. The molecule has 108 valence electrons. The van der Waals surface area contributed by atoms with Gasteiger partial charge in [0, 0.05) is 19.7 Å². The van der Waals surface area contributed by atoms with Crippen LogP contribution in [0.4, 0.5) is 22.0 Å². The van der Waals surface area contributed by atoms with E-state index in [1.54, 1.807) is 0 Å². The van der Waals surface area contributed by atoms with Crippen LogP contribution in [0.25, 0.3) is 0 Å². The number of nitrogens with zero attached hydrogens (tertiary/aromatic N) is 2. The van der Waals surface area contributed by atoms with Crippen LogP contribution in [0.15, 0.2) is 6.20 Å². The second-order valence-electron chi connectivity index (χ2n) is 5.26. The van der Waals surface area contributed by atoms with Gasteiger partial charge in [0.05, 0.1) is 5.92 Å². The van der Waals surface area contributed by atoms with E-state index in [2.05, 4.69) is 5.10 Å². The Kier molecular flexibility index (Phi) is 3.35. The van der Waals surface area contributed by atoms with Crippen molar-refractivity contribution in [3.8, 4) is 0 Å². The van der Waals surface area contributed by atoms with E-state index in [1.165, 1.54) is 17.8 Å². The predicted octanol–water partition coefficient (Wildman–Crippen LogP) is 3.89. The molecule has 0 amide bonds. The van der Waals surface area contributed by atoms with Crippen LogP contribution >= 0.6 is 0 Å². The number of aromatic nitrogens is 2. The Labute approximate surface area is 107 Å². The summed E-state index contributed by atoms with van der Waals surface area (Å²) < 4.78 is 65.3. The molecule has 0 aromatic carbocycles. The summed E-state index contributed by atoms with van der Waals surface area (Å²) in [5.41, 5.74) is -0.0641. The lowest BCUT2D eigenvalue weighted by atomic mass is 9.73. The number of hydrogen-bond acceptors (Lipinski definition) is 1. The predicted molar refractivity (Wildman–Crippen MR) is 58.8 cm³/mol. The molecule has 0 saturated heterocycles. The van der Waals surface area contributed by atoms with Gasteiger partial charge in [-0.25, -0.2) is 0 Å². The van der Waals surface area contributed by atoms with Crippen molar-refractivity contribution >= 4 is 0 Å². The molecule has 0 N–H and O–H groups in total. The third-order valence-corrected chi connectivity index (χ3v) is 3.62. The summed E-state index contributed by atoms with van der Waals surface area (Å²) in [4.78, 5) is 0. The van der Waals surface area contributed by atoms with Crippen molar-refractivity contribution in [1.82, 2.24) is 9.78 Å². The molecule has 2 nitrogen and oxygen atoms in total. The summed E-state index contributed by atoms with van der Waals surface area (Å²) in [6.45, 7) is 2.26. The van der Waals surface area contributed by atoms with Crippen molar-refractivity contribution in [2.24, 2.45) is 11.8 Å². The van der Waals surface area contributed by atoms with Gasteiger partial charge in [-0.15, -0.1) is 0 Å². The second-order valence-corrected chi connectivity index (χ2v) is 5.26. The Morgan fingerprint density at radius 1 is 1.26 bits per heavy atom. The van der Waals surface area contributed by atoms with Crippen molar-refractivity contribution in [3.63, 3.8) is 0 Å². The third-order valence-electron chi connectivity index (χ3n) is 3.62. The van der Waals surface area contributed by atoms with Gasteiger partial charge in [0.15, 0.2) is 0 Å². The van der Waals surface area contributed by atoms with Gasteiger partial charge < -0.3 is 0 Å². The van der Waals surface area contributed by atoms with Crippen LogP contribution in [0.5, 0.6) is 0 Å². The molecule has 2 rings (SSSR count). The molecule has 19 heavy (non-hydrogen) atoms. The zero-order valence-electron chi connectivity index (χ0n) is 10.6. The van der Waals surface area contributed by atoms with Gasteiger partial charge in [0.1, 0.15) is 5.69 Å². The van der Waals surface area contributed by atoms with Gasteiger partial charge >= 0.3 is 6.18 Å². The fourth-order valence-corrected chi connectivity index (χ4v) is 2.51. The van der Waals surface area contributed by atoms with Gasteiger partial charge in [-0.3, -0.25) is 4.68 Å². The van der Waals surface area contributed by atoms with Crippen LogP contribution in [0.3, 0.4) is 0 Å². The molecule has 1 saturated carbocycles. The lowest BCUT2D eigenvalue weighted by molar-refractivity contribution is -0.214. The normalized spacial score (nSPS) is 24.4. The molecule has 0 bridgehead atoms. The van der Waals surface area contributed by atoms with Gasteiger partial charge in [0.2, 0.25) is 0 Å². The van der Waals surface area contributed by atoms with E-state index in [9.17, 15) is 22.0 Å². The van der Waals surface area contributed by atoms with Crippen LogP contribution in [0.2, 0.25) is 0 Å². The maximum atomic E-state index is 13.2. The van der Waals surface area contributed by atoms with E-state index >= 15 is 0 Å². The highest BCUT2D eigenvalue weighted by Crippen LogP contribution is 2.46. The van der Waals surface area contributed by atoms with E-state index in [1.807, 2.05) is 0 Å². The highest BCUT2D eigenvalue weighted by atomic mass is 19.4. The fourth-order valence-electron chi connectivity index (χ4n) is 2.51. The Morgan fingerprint density at radius 2 is 1.89 bits per heavy atom. The molecule has 1 heterocycles. The molecule has 1 aliphatic carbocycles. The van der Waals surface area contributed by atoms with Crippen LogP contribution in [-0.4, -0.2) is 16.0 Å². The summed E-state index contributed by atoms with van der Waals surface area (Å²) in [6, 6.07) is 0. The molecule has 7 heteroatoms. The Morgan fingerprint density at radius 3 is 2.26 bits per heavy atom. The molecule has 2 unspecified atom stereocenters. The lowest BCUT2D eigenvalue weighted by Gasteiger charge is -2.37. The highest BCUT2D eigenvalue weighted by molar-refractivity contribution is 5.19. The van der Waals surface area contributed by atoms with Crippen LogP contribution in [0, 0.1) is 18.8 Å². The molecule has 0 aliphatic heterocycles. The highest BCUT2D eigenvalue weighted by Gasteiger charge is 2.49. The largest absolute Gasteiger partial charge is 0.392 e. The third kappa shape index (κ3) is 2.90. The minimum atomic E-state index is -4.21. The second kappa shape index (κ2) is 4.45. The Bertz CT molecular complexity index is 458.